The number of rotatable bonds is 1. The van der Waals surface area contributed by atoms with E-state index in [9.17, 15) is 4.79 Å². The maximum Gasteiger partial charge on any atom is 0.319 e. The summed E-state index contributed by atoms with van der Waals surface area (Å²) in [6, 6.07) is 8.48. The molecule has 2 rings (SSSR count). The van der Waals surface area contributed by atoms with E-state index in [0.717, 1.165) is 5.56 Å². The number of carbonyl (C=O) groups is 1. The molecule has 19 heavy (non-hydrogen) atoms. The number of amides is 2. The second-order valence-electron chi connectivity index (χ2n) is 5.41. The molecule has 2 atom stereocenters. The summed E-state index contributed by atoms with van der Waals surface area (Å²) in [4.78, 5) is 15.6. The van der Waals surface area contributed by atoms with Crippen LogP contribution in [0.25, 0.3) is 0 Å². The minimum atomic E-state index is -0.0271. The maximum absolute atomic E-state index is 12.1. The molecule has 0 bridgehead atoms. The van der Waals surface area contributed by atoms with Crippen molar-refractivity contribution in [3.63, 3.8) is 0 Å². The lowest BCUT2D eigenvalue weighted by molar-refractivity contribution is -0.0462. The van der Waals surface area contributed by atoms with Crippen LogP contribution in [-0.2, 0) is 4.74 Å². The number of morpholine rings is 1. The van der Waals surface area contributed by atoms with Gasteiger partial charge in [0.2, 0.25) is 0 Å². The zero-order valence-electron chi connectivity index (χ0n) is 12.1. The van der Waals surface area contributed by atoms with Gasteiger partial charge in [-0.3, -0.25) is 0 Å². The van der Waals surface area contributed by atoms with Crippen LogP contribution in [0.4, 0.5) is 4.79 Å². The highest BCUT2D eigenvalue weighted by atomic mass is 16.5. The van der Waals surface area contributed by atoms with Crippen molar-refractivity contribution in [3.8, 4) is 0 Å². The number of ether oxygens (including phenoxy) is 1. The molecule has 1 aromatic carbocycles. The van der Waals surface area contributed by atoms with Gasteiger partial charge in [-0.15, -0.1) is 0 Å². The molecule has 2 amide bonds. The highest BCUT2D eigenvalue weighted by Crippen LogP contribution is 2.25. The molecule has 1 saturated heterocycles. The van der Waals surface area contributed by atoms with Gasteiger partial charge in [0.25, 0.3) is 0 Å². The number of urea groups is 1. The Balaban J connectivity index is 2.12. The summed E-state index contributed by atoms with van der Waals surface area (Å²) in [5.41, 5.74) is 2.36. The first-order chi connectivity index (χ1) is 8.99. The number of benzene rings is 1. The fourth-order valence-electron chi connectivity index (χ4n) is 2.26. The Morgan fingerprint density at radius 1 is 1.32 bits per heavy atom. The van der Waals surface area contributed by atoms with E-state index < -0.39 is 0 Å². The Morgan fingerprint density at radius 2 is 1.95 bits per heavy atom. The summed E-state index contributed by atoms with van der Waals surface area (Å²) in [7, 11) is 3.57. The number of carbonyl (C=O) groups excluding carboxylic acids is 1. The molecule has 0 spiro atoms. The molecule has 1 heterocycles. The summed E-state index contributed by atoms with van der Waals surface area (Å²) < 4.78 is 5.86. The third kappa shape index (κ3) is 3.07. The van der Waals surface area contributed by atoms with Gasteiger partial charge < -0.3 is 14.5 Å². The van der Waals surface area contributed by atoms with Crippen molar-refractivity contribution in [2.24, 2.45) is 0 Å². The Hall–Kier alpha value is -1.55. The number of hydrogen-bond acceptors (Lipinski definition) is 2. The summed E-state index contributed by atoms with van der Waals surface area (Å²) in [5, 5.41) is 0. The van der Waals surface area contributed by atoms with Gasteiger partial charge in [0.15, 0.2) is 0 Å². The molecule has 1 aliphatic heterocycles. The lowest BCUT2D eigenvalue weighted by Crippen LogP contribution is -2.51. The van der Waals surface area contributed by atoms with E-state index in [0.29, 0.717) is 13.2 Å². The third-order valence-electron chi connectivity index (χ3n) is 3.51. The van der Waals surface area contributed by atoms with Gasteiger partial charge in [0.1, 0.15) is 6.10 Å². The van der Waals surface area contributed by atoms with E-state index >= 15 is 0 Å². The summed E-state index contributed by atoms with van der Waals surface area (Å²) >= 11 is 0. The van der Waals surface area contributed by atoms with Gasteiger partial charge in [0.05, 0.1) is 19.2 Å². The lowest BCUT2D eigenvalue weighted by atomic mass is 10.0. The van der Waals surface area contributed by atoms with Crippen LogP contribution in [0, 0.1) is 6.92 Å². The largest absolute Gasteiger partial charge is 0.370 e. The van der Waals surface area contributed by atoms with Crippen LogP contribution in [0.3, 0.4) is 0 Å². The van der Waals surface area contributed by atoms with E-state index in [4.69, 9.17) is 4.74 Å². The summed E-state index contributed by atoms with van der Waals surface area (Å²) in [6.07, 6.45) is -0.0271. The van der Waals surface area contributed by atoms with E-state index in [-0.39, 0.29) is 18.2 Å². The molecule has 4 heteroatoms. The van der Waals surface area contributed by atoms with Gasteiger partial charge in [-0.1, -0.05) is 29.8 Å². The van der Waals surface area contributed by atoms with Gasteiger partial charge >= 0.3 is 6.03 Å². The highest BCUT2D eigenvalue weighted by Gasteiger charge is 2.31. The number of hydrogen-bond donors (Lipinski definition) is 0. The van der Waals surface area contributed by atoms with E-state index in [2.05, 4.69) is 31.2 Å². The minimum absolute atomic E-state index is 0.0271. The van der Waals surface area contributed by atoms with Crippen molar-refractivity contribution in [3.05, 3.63) is 35.4 Å². The van der Waals surface area contributed by atoms with Gasteiger partial charge in [0, 0.05) is 14.1 Å². The Labute approximate surface area is 115 Å². The van der Waals surface area contributed by atoms with Crippen molar-refractivity contribution in [1.82, 2.24) is 9.80 Å². The van der Waals surface area contributed by atoms with Crippen LogP contribution in [0.15, 0.2) is 24.3 Å². The monoisotopic (exact) mass is 262 g/mol. The average Bonchev–Trinajstić information content (AvgIpc) is 2.39. The zero-order chi connectivity index (χ0) is 14.0. The zero-order valence-corrected chi connectivity index (χ0v) is 12.1. The first-order valence-electron chi connectivity index (χ1n) is 6.65. The number of nitrogens with zero attached hydrogens (tertiary/aromatic N) is 2. The molecule has 104 valence electrons. The summed E-state index contributed by atoms with van der Waals surface area (Å²) in [5.74, 6) is 0. The first-order valence-corrected chi connectivity index (χ1v) is 6.65. The smallest absolute Gasteiger partial charge is 0.319 e. The second-order valence-corrected chi connectivity index (χ2v) is 5.41. The molecule has 1 aliphatic rings. The van der Waals surface area contributed by atoms with Crippen molar-refractivity contribution in [2.45, 2.75) is 26.0 Å². The van der Waals surface area contributed by atoms with Gasteiger partial charge in [-0.2, -0.15) is 0 Å². The molecule has 0 radical (unpaired) electrons. The quantitative estimate of drug-likeness (QED) is 0.778. The highest BCUT2D eigenvalue weighted by molar-refractivity contribution is 5.74. The standard InChI is InChI=1S/C15H22N2O2/c1-11-5-7-13(8-6-11)14-9-17(12(2)10-19-14)15(18)16(3)4/h5-8,12,14H,9-10H2,1-4H3. The fraction of sp³-hybridized carbons (Fsp3) is 0.533. The Kier molecular flexibility index (Phi) is 4.10. The van der Waals surface area contributed by atoms with Gasteiger partial charge in [-0.25, -0.2) is 4.79 Å². The van der Waals surface area contributed by atoms with Crippen molar-refractivity contribution in [1.29, 1.82) is 0 Å². The van der Waals surface area contributed by atoms with Crippen LogP contribution in [0.1, 0.15) is 24.2 Å². The third-order valence-corrected chi connectivity index (χ3v) is 3.51. The van der Waals surface area contributed by atoms with Crippen LogP contribution in [0.2, 0.25) is 0 Å². The van der Waals surface area contributed by atoms with Crippen LogP contribution < -0.4 is 0 Å². The molecule has 0 N–H and O–H groups in total. The SMILES string of the molecule is Cc1ccc(C2CN(C(=O)N(C)C)C(C)CO2)cc1. The second kappa shape index (κ2) is 5.61. The lowest BCUT2D eigenvalue weighted by Gasteiger charge is -2.39. The van der Waals surface area contributed by atoms with E-state index in [1.807, 2.05) is 11.8 Å². The van der Waals surface area contributed by atoms with Crippen LogP contribution in [0.5, 0.6) is 0 Å². The molecular weight excluding hydrogens is 240 g/mol. The summed E-state index contributed by atoms with van der Waals surface area (Å²) in [6.45, 7) is 5.28. The Bertz CT molecular complexity index is 442. The molecule has 4 nitrogen and oxygen atoms in total. The average molecular weight is 262 g/mol. The van der Waals surface area contributed by atoms with E-state index in [1.165, 1.54) is 5.56 Å². The van der Waals surface area contributed by atoms with Crippen molar-refractivity contribution in [2.75, 3.05) is 27.2 Å². The fourth-order valence-corrected chi connectivity index (χ4v) is 2.26. The predicted octanol–water partition coefficient (Wildman–Crippen LogP) is 2.44. The molecule has 2 unspecified atom stereocenters. The maximum atomic E-state index is 12.1. The molecule has 1 fully saturated rings. The van der Waals surface area contributed by atoms with Crippen molar-refractivity contribution < 1.29 is 9.53 Å². The van der Waals surface area contributed by atoms with E-state index in [1.54, 1.807) is 19.0 Å². The predicted molar refractivity (Wildman–Crippen MR) is 75.1 cm³/mol. The van der Waals surface area contributed by atoms with Gasteiger partial charge in [-0.05, 0) is 19.4 Å². The van der Waals surface area contributed by atoms with Crippen LogP contribution >= 0.6 is 0 Å². The van der Waals surface area contributed by atoms with Crippen LogP contribution in [-0.4, -0.2) is 49.1 Å². The molecular formula is C15H22N2O2. The molecule has 1 aromatic rings. The Morgan fingerprint density at radius 3 is 2.53 bits per heavy atom. The minimum Gasteiger partial charge on any atom is -0.370 e. The number of aryl methyl sites for hydroxylation is 1. The molecule has 0 saturated carbocycles. The first kappa shape index (κ1) is 13.9. The normalized spacial score (nSPS) is 23.3. The molecule has 0 aliphatic carbocycles. The van der Waals surface area contributed by atoms with Crippen molar-refractivity contribution >= 4 is 6.03 Å². The topological polar surface area (TPSA) is 32.8 Å². The molecule has 0 aromatic heterocycles.